The van der Waals surface area contributed by atoms with Crippen LogP contribution in [0.1, 0.15) is 25.3 Å². The van der Waals surface area contributed by atoms with E-state index in [4.69, 9.17) is 4.74 Å². The molecule has 1 N–H and O–H groups in total. The van der Waals surface area contributed by atoms with Gasteiger partial charge in [0.1, 0.15) is 5.75 Å². The summed E-state index contributed by atoms with van der Waals surface area (Å²) in [6, 6.07) is 6.59. The molecule has 1 unspecified atom stereocenters. The largest absolute Gasteiger partial charge is 0.493 e. The van der Waals surface area contributed by atoms with Crippen LogP contribution >= 0.6 is 0 Å². The number of benzene rings is 1. The minimum atomic E-state index is 0.697. The summed E-state index contributed by atoms with van der Waals surface area (Å²) in [6.07, 6.45) is 3.49. The van der Waals surface area contributed by atoms with Crippen LogP contribution in [0.2, 0.25) is 0 Å². The molecular formula is C16H26N2O. The van der Waals surface area contributed by atoms with Crippen LogP contribution in [0, 0.1) is 5.92 Å². The smallest absolute Gasteiger partial charge is 0.122 e. The highest BCUT2D eigenvalue weighted by molar-refractivity contribution is 5.53. The van der Waals surface area contributed by atoms with Crippen molar-refractivity contribution >= 4 is 5.69 Å². The summed E-state index contributed by atoms with van der Waals surface area (Å²) in [6.45, 7) is 5.30. The highest BCUT2D eigenvalue weighted by atomic mass is 16.5. The maximum atomic E-state index is 5.67. The number of fused-ring (bicyclic) bond motifs is 1. The number of nitrogens with zero attached hydrogens (tertiary/aromatic N) is 1. The van der Waals surface area contributed by atoms with Gasteiger partial charge in [0.2, 0.25) is 0 Å². The molecule has 1 heterocycles. The molecule has 0 amide bonds. The summed E-state index contributed by atoms with van der Waals surface area (Å²) in [4.78, 5) is 2.36. The highest BCUT2D eigenvalue weighted by Crippen LogP contribution is 2.29. The van der Waals surface area contributed by atoms with Crippen LogP contribution in [0.3, 0.4) is 0 Å². The van der Waals surface area contributed by atoms with Crippen LogP contribution in [0.5, 0.6) is 5.75 Å². The van der Waals surface area contributed by atoms with Crippen LogP contribution in [0.15, 0.2) is 18.2 Å². The van der Waals surface area contributed by atoms with E-state index in [-0.39, 0.29) is 0 Å². The number of rotatable bonds is 6. The molecule has 1 aromatic rings. The van der Waals surface area contributed by atoms with Gasteiger partial charge < -0.3 is 15.0 Å². The lowest BCUT2D eigenvalue weighted by Gasteiger charge is -2.26. The van der Waals surface area contributed by atoms with Crippen molar-refractivity contribution in [2.45, 2.75) is 26.2 Å². The molecule has 0 bridgehead atoms. The van der Waals surface area contributed by atoms with Gasteiger partial charge in [0.05, 0.1) is 6.61 Å². The van der Waals surface area contributed by atoms with Gasteiger partial charge in [0, 0.05) is 19.3 Å². The van der Waals surface area contributed by atoms with E-state index in [9.17, 15) is 0 Å². The quantitative estimate of drug-likeness (QED) is 0.853. The number of ether oxygens (including phenoxy) is 1. The summed E-state index contributed by atoms with van der Waals surface area (Å²) < 4.78 is 5.67. The van der Waals surface area contributed by atoms with E-state index in [1.165, 1.54) is 17.7 Å². The second-order valence-corrected chi connectivity index (χ2v) is 5.46. The zero-order valence-corrected chi connectivity index (χ0v) is 12.4. The lowest BCUT2D eigenvalue weighted by Crippen LogP contribution is -2.31. The van der Waals surface area contributed by atoms with Gasteiger partial charge in [-0.05, 0) is 56.1 Å². The maximum Gasteiger partial charge on any atom is 0.122 e. The fourth-order valence-corrected chi connectivity index (χ4v) is 2.70. The van der Waals surface area contributed by atoms with E-state index in [0.717, 1.165) is 38.3 Å². The topological polar surface area (TPSA) is 24.5 Å². The third kappa shape index (κ3) is 3.63. The van der Waals surface area contributed by atoms with Crippen LogP contribution in [-0.4, -0.2) is 33.8 Å². The minimum Gasteiger partial charge on any atom is -0.493 e. The van der Waals surface area contributed by atoms with E-state index in [2.05, 4.69) is 42.4 Å². The molecule has 2 rings (SSSR count). The molecule has 0 aromatic heterocycles. The number of aryl methyl sites for hydroxylation is 1. The zero-order chi connectivity index (χ0) is 13.7. The summed E-state index contributed by atoms with van der Waals surface area (Å²) >= 11 is 0. The lowest BCUT2D eigenvalue weighted by molar-refractivity contribution is 0.288. The third-order valence-electron chi connectivity index (χ3n) is 3.94. The highest BCUT2D eigenvalue weighted by Gasteiger charge is 2.14. The first-order chi connectivity index (χ1) is 9.24. The molecule has 1 aliphatic rings. The van der Waals surface area contributed by atoms with Crippen LogP contribution in [0.4, 0.5) is 5.69 Å². The van der Waals surface area contributed by atoms with Crippen molar-refractivity contribution < 1.29 is 4.74 Å². The molecule has 1 aliphatic heterocycles. The predicted octanol–water partition coefficient (Wildman–Crippen LogP) is 2.69. The lowest BCUT2D eigenvalue weighted by atomic mass is 10.0. The Hall–Kier alpha value is -1.22. The van der Waals surface area contributed by atoms with Crippen molar-refractivity contribution in [2.24, 2.45) is 5.92 Å². The summed E-state index contributed by atoms with van der Waals surface area (Å²) in [5.41, 5.74) is 2.66. The van der Waals surface area contributed by atoms with Gasteiger partial charge in [-0.1, -0.05) is 13.3 Å². The number of nitrogens with one attached hydrogen (secondary N) is 1. The Morgan fingerprint density at radius 3 is 3.00 bits per heavy atom. The van der Waals surface area contributed by atoms with Gasteiger partial charge in [0.15, 0.2) is 0 Å². The van der Waals surface area contributed by atoms with E-state index in [0.29, 0.717) is 5.92 Å². The first-order valence-corrected chi connectivity index (χ1v) is 7.36. The minimum absolute atomic E-state index is 0.697. The molecule has 106 valence electrons. The first-order valence-electron chi connectivity index (χ1n) is 7.36. The molecule has 19 heavy (non-hydrogen) atoms. The van der Waals surface area contributed by atoms with Crippen molar-refractivity contribution in [1.29, 1.82) is 0 Å². The van der Waals surface area contributed by atoms with Crippen molar-refractivity contribution in [3.8, 4) is 5.75 Å². The van der Waals surface area contributed by atoms with E-state index in [1.807, 2.05) is 7.05 Å². The summed E-state index contributed by atoms with van der Waals surface area (Å²) in [5.74, 6) is 1.77. The Bertz CT molecular complexity index is 406. The number of anilines is 1. The molecule has 1 aromatic carbocycles. The van der Waals surface area contributed by atoms with Gasteiger partial charge in [-0.3, -0.25) is 0 Å². The van der Waals surface area contributed by atoms with Crippen molar-refractivity contribution in [3.05, 3.63) is 23.8 Å². The molecule has 0 radical (unpaired) electrons. The predicted molar refractivity (Wildman–Crippen MR) is 81.2 cm³/mol. The molecule has 3 nitrogen and oxygen atoms in total. The molecule has 0 saturated carbocycles. The van der Waals surface area contributed by atoms with Gasteiger partial charge in [-0.15, -0.1) is 0 Å². The van der Waals surface area contributed by atoms with Crippen molar-refractivity contribution in [3.63, 3.8) is 0 Å². The maximum absolute atomic E-state index is 5.67. The Labute approximate surface area is 116 Å². The fraction of sp³-hybridized carbons (Fsp3) is 0.625. The second kappa shape index (κ2) is 6.80. The molecule has 0 saturated heterocycles. The van der Waals surface area contributed by atoms with Gasteiger partial charge in [-0.25, -0.2) is 0 Å². The molecule has 0 aliphatic carbocycles. The van der Waals surface area contributed by atoms with E-state index >= 15 is 0 Å². The van der Waals surface area contributed by atoms with Crippen molar-refractivity contribution in [2.75, 3.05) is 38.7 Å². The first kappa shape index (κ1) is 14.2. The van der Waals surface area contributed by atoms with E-state index < -0.39 is 0 Å². The fourth-order valence-electron chi connectivity index (χ4n) is 2.70. The average Bonchev–Trinajstić information content (AvgIpc) is 2.46. The molecule has 0 spiro atoms. The Kier molecular flexibility index (Phi) is 5.08. The van der Waals surface area contributed by atoms with Crippen LogP contribution in [-0.2, 0) is 6.42 Å². The van der Waals surface area contributed by atoms with E-state index in [1.54, 1.807) is 0 Å². The summed E-state index contributed by atoms with van der Waals surface area (Å²) in [7, 11) is 4.21. The monoisotopic (exact) mass is 262 g/mol. The molecule has 0 fully saturated rings. The third-order valence-corrected chi connectivity index (χ3v) is 3.94. The standard InChI is InChI=1S/C16H26N2O/c1-4-13(11-17-2)12-18(3)15-7-8-16-14(10-15)6-5-9-19-16/h7-8,10,13,17H,4-6,9,11-12H2,1-3H3. The van der Waals surface area contributed by atoms with Gasteiger partial charge >= 0.3 is 0 Å². The SMILES string of the molecule is CCC(CNC)CN(C)c1ccc2c(c1)CCCO2. The number of hydrogen-bond donors (Lipinski definition) is 1. The van der Waals surface area contributed by atoms with Crippen LogP contribution in [0.25, 0.3) is 0 Å². The normalized spacial score (nSPS) is 15.5. The van der Waals surface area contributed by atoms with Gasteiger partial charge in [0.25, 0.3) is 0 Å². The van der Waals surface area contributed by atoms with Gasteiger partial charge in [-0.2, -0.15) is 0 Å². The molecule has 1 atom stereocenters. The molecular weight excluding hydrogens is 236 g/mol. The summed E-state index contributed by atoms with van der Waals surface area (Å²) in [5, 5.41) is 3.28. The van der Waals surface area contributed by atoms with Crippen molar-refractivity contribution in [1.82, 2.24) is 5.32 Å². The number of hydrogen-bond acceptors (Lipinski definition) is 3. The second-order valence-electron chi connectivity index (χ2n) is 5.46. The zero-order valence-electron chi connectivity index (χ0n) is 12.4. The molecule has 3 heteroatoms. The Morgan fingerprint density at radius 1 is 1.42 bits per heavy atom. The Balaban J connectivity index is 2.04. The average molecular weight is 262 g/mol. The Morgan fingerprint density at radius 2 is 2.26 bits per heavy atom. The van der Waals surface area contributed by atoms with Crippen LogP contribution < -0.4 is 15.0 Å².